The van der Waals surface area contributed by atoms with Gasteiger partial charge in [-0.2, -0.15) is 0 Å². The molecule has 7 heteroatoms. The molecular formula is C12H20ClN3O2S. The van der Waals surface area contributed by atoms with Crippen LogP contribution in [0.15, 0.2) is 17.2 Å². The number of rotatable bonds is 6. The Morgan fingerprint density at radius 2 is 2.05 bits per heavy atom. The van der Waals surface area contributed by atoms with Crippen molar-refractivity contribution in [3.8, 4) is 0 Å². The molecule has 1 atom stereocenters. The number of hydrogen-bond acceptors (Lipinski definition) is 4. The first-order valence-corrected chi connectivity index (χ1v) is 8.03. The molecule has 0 saturated heterocycles. The van der Waals surface area contributed by atoms with Crippen molar-refractivity contribution in [3.05, 3.63) is 17.3 Å². The Kier molecular flexibility index (Phi) is 5.58. The summed E-state index contributed by atoms with van der Waals surface area (Å²) < 4.78 is 27.1. The molecule has 0 aliphatic carbocycles. The Balaban J connectivity index is 3.03. The Morgan fingerprint density at radius 1 is 1.42 bits per heavy atom. The van der Waals surface area contributed by atoms with Gasteiger partial charge in [-0.15, -0.1) is 0 Å². The number of pyridine rings is 1. The predicted molar refractivity (Wildman–Crippen MR) is 78.0 cm³/mol. The van der Waals surface area contributed by atoms with Gasteiger partial charge in [0.2, 0.25) is 10.0 Å². The van der Waals surface area contributed by atoms with E-state index in [1.807, 2.05) is 20.8 Å². The summed E-state index contributed by atoms with van der Waals surface area (Å²) in [6.45, 7) is 5.90. The van der Waals surface area contributed by atoms with E-state index in [-0.39, 0.29) is 21.9 Å². The van der Waals surface area contributed by atoms with E-state index < -0.39 is 10.0 Å². The second kappa shape index (κ2) is 6.54. The molecule has 1 unspecified atom stereocenters. The largest absolute Gasteiger partial charge is 0.372 e. The molecule has 0 saturated carbocycles. The number of aromatic nitrogens is 1. The molecular weight excluding hydrogens is 286 g/mol. The van der Waals surface area contributed by atoms with Gasteiger partial charge in [-0.25, -0.2) is 18.1 Å². The van der Waals surface area contributed by atoms with Gasteiger partial charge in [0.05, 0.1) is 5.02 Å². The molecule has 2 N–H and O–H groups in total. The lowest BCUT2D eigenvalue weighted by atomic mass is 10.0. The number of sulfonamides is 1. The second-order valence-corrected chi connectivity index (χ2v) is 6.75. The molecule has 0 radical (unpaired) electrons. The van der Waals surface area contributed by atoms with Crippen molar-refractivity contribution in [2.75, 3.05) is 12.4 Å². The molecule has 0 amide bonds. The average molecular weight is 306 g/mol. The number of hydrogen-bond donors (Lipinski definition) is 2. The highest BCUT2D eigenvalue weighted by atomic mass is 35.5. The van der Waals surface area contributed by atoms with E-state index >= 15 is 0 Å². The molecule has 1 aromatic rings. The Bertz CT molecular complexity index is 532. The standard InChI is InChI=1S/C12H20ClN3O2S/c1-5-11(8(2)3)16-19(17,18)9-6-10(13)12(14-4)15-7-9/h6-8,11,16H,5H2,1-4H3,(H,14,15). The Labute approximate surface area is 119 Å². The van der Waals surface area contributed by atoms with Crippen molar-refractivity contribution >= 4 is 27.4 Å². The van der Waals surface area contributed by atoms with E-state index in [0.717, 1.165) is 6.42 Å². The molecule has 0 bridgehead atoms. The topological polar surface area (TPSA) is 71.1 Å². The van der Waals surface area contributed by atoms with Gasteiger partial charge in [0, 0.05) is 19.3 Å². The Morgan fingerprint density at radius 3 is 2.47 bits per heavy atom. The molecule has 1 heterocycles. The lowest BCUT2D eigenvalue weighted by molar-refractivity contribution is 0.437. The third-order valence-electron chi connectivity index (χ3n) is 2.91. The average Bonchev–Trinajstić information content (AvgIpc) is 2.35. The van der Waals surface area contributed by atoms with Gasteiger partial charge in [-0.1, -0.05) is 32.4 Å². The molecule has 1 aromatic heterocycles. The van der Waals surface area contributed by atoms with Crippen LogP contribution in [-0.2, 0) is 10.0 Å². The van der Waals surface area contributed by atoms with Crippen LogP contribution in [0.25, 0.3) is 0 Å². The molecule has 19 heavy (non-hydrogen) atoms. The number of nitrogens with one attached hydrogen (secondary N) is 2. The molecule has 108 valence electrons. The first kappa shape index (κ1) is 16.2. The molecule has 1 rings (SSSR count). The molecule has 0 fully saturated rings. The fourth-order valence-electron chi connectivity index (χ4n) is 1.71. The zero-order valence-corrected chi connectivity index (χ0v) is 13.1. The molecule has 0 aliphatic heterocycles. The van der Waals surface area contributed by atoms with Crippen molar-refractivity contribution < 1.29 is 8.42 Å². The third kappa shape index (κ3) is 4.06. The number of halogens is 1. The van der Waals surface area contributed by atoms with E-state index in [2.05, 4.69) is 15.0 Å². The summed E-state index contributed by atoms with van der Waals surface area (Å²) in [7, 11) is -1.92. The monoisotopic (exact) mass is 305 g/mol. The highest BCUT2D eigenvalue weighted by Crippen LogP contribution is 2.22. The van der Waals surface area contributed by atoms with Crippen molar-refractivity contribution in [2.24, 2.45) is 5.92 Å². The zero-order valence-electron chi connectivity index (χ0n) is 11.6. The van der Waals surface area contributed by atoms with Crippen LogP contribution in [0.5, 0.6) is 0 Å². The van der Waals surface area contributed by atoms with Crippen LogP contribution in [-0.4, -0.2) is 26.5 Å². The SMILES string of the molecule is CCC(NS(=O)(=O)c1cnc(NC)c(Cl)c1)C(C)C. The molecule has 0 aliphatic rings. The number of anilines is 1. The molecule has 0 aromatic carbocycles. The highest BCUT2D eigenvalue weighted by Gasteiger charge is 2.22. The maximum atomic E-state index is 12.2. The van der Waals surface area contributed by atoms with Gasteiger partial charge in [-0.05, 0) is 18.4 Å². The van der Waals surface area contributed by atoms with E-state index in [0.29, 0.717) is 5.82 Å². The van der Waals surface area contributed by atoms with Crippen molar-refractivity contribution in [1.29, 1.82) is 0 Å². The van der Waals surface area contributed by atoms with Crippen LogP contribution in [0.2, 0.25) is 5.02 Å². The van der Waals surface area contributed by atoms with Crippen LogP contribution in [0.3, 0.4) is 0 Å². The maximum Gasteiger partial charge on any atom is 0.242 e. The van der Waals surface area contributed by atoms with Crippen LogP contribution >= 0.6 is 11.6 Å². The quantitative estimate of drug-likeness (QED) is 0.847. The summed E-state index contributed by atoms with van der Waals surface area (Å²) in [6.07, 6.45) is 2.03. The van der Waals surface area contributed by atoms with Crippen LogP contribution < -0.4 is 10.0 Å². The van der Waals surface area contributed by atoms with Crippen LogP contribution in [0.1, 0.15) is 27.2 Å². The zero-order chi connectivity index (χ0) is 14.6. The second-order valence-electron chi connectivity index (χ2n) is 4.63. The van der Waals surface area contributed by atoms with Gasteiger partial charge in [0.25, 0.3) is 0 Å². The lowest BCUT2D eigenvalue weighted by Crippen LogP contribution is -2.38. The summed E-state index contributed by atoms with van der Waals surface area (Å²) in [5.41, 5.74) is 0. The minimum absolute atomic E-state index is 0.0793. The summed E-state index contributed by atoms with van der Waals surface area (Å²) in [5, 5.41) is 3.07. The summed E-state index contributed by atoms with van der Waals surface area (Å²) >= 11 is 5.95. The first-order valence-electron chi connectivity index (χ1n) is 6.17. The van der Waals surface area contributed by atoms with Crippen molar-refractivity contribution in [3.63, 3.8) is 0 Å². The summed E-state index contributed by atoms with van der Waals surface area (Å²) in [5.74, 6) is 0.677. The third-order valence-corrected chi connectivity index (χ3v) is 4.66. The minimum Gasteiger partial charge on any atom is -0.372 e. The summed E-state index contributed by atoms with van der Waals surface area (Å²) in [4.78, 5) is 4.06. The van der Waals surface area contributed by atoms with E-state index in [4.69, 9.17) is 11.6 Å². The van der Waals surface area contributed by atoms with Gasteiger partial charge in [0.15, 0.2) is 0 Å². The lowest BCUT2D eigenvalue weighted by Gasteiger charge is -2.20. The fraction of sp³-hybridized carbons (Fsp3) is 0.583. The highest BCUT2D eigenvalue weighted by molar-refractivity contribution is 7.89. The molecule has 0 spiro atoms. The van der Waals surface area contributed by atoms with Gasteiger partial charge >= 0.3 is 0 Å². The van der Waals surface area contributed by atoms with E-state index in [1.165, 1.54) is 12.3 Å². The van der Waals surface area contributed by atoms with Crippen LogP contribution in [0.4, 0.5) is 5.82 Å². The Hall–Kier alpha value is -0.850. The number of nitrogens with zero attached hydrogens (tertiary/aromatic N) is 1. The minimum atomic E-state index is -3.59. The van der Waals surface area contributed by atoms with Crippen LogP contribution in [0, 0.1) is 5.92 Å². The van der Waals surface area contributed by atoms with Crippen molar-refractivity contribution in [1.82, 2.24) is 9.71 Å². The predicted octanol–water partition coefficient (Wildman–Crippen LogP) is 2.49. The maximum absolute atomic E-state index is 12.2. The smallest absolute Gasteiger partial charge is 0.242 e. The van der Waals surface area contributed by atoms with Gasteiger partial charge in [0.1, 0.15) is 10.7 Å². The van der Waals surface area contributed by atoms with E-state index in [1.54, 1.807) is 7.05 Å². The van der Waals surface area contributed by atoms with Crippen molar-refractivity contribution in [2.45, 2.75) is 38.1 Å². The van der Waals surface area contributed by atoms with Gasteiger partial charge in [-0.3, -0.25) is 0 Å². The first-order chi connectivity index (χ1) is 8.81. The molecule has 5 nitrogen and oxygen atoms in total. The normalized spacial score (nSPS) is 13.6. The fourth-order valence-corrected chi connectivity index (χ4v) is 3.47. The van der Waals surface area contributed by atoms with Gasteiger partial charge < -0.3 is 5.32 Å². The van der Waals surface area contributed by atoms with E-state index in [9.17, 15) is 8.42 Å². The summed E-state index contributed by atoms with van der Waals surface area (Å²) in [6, 6.07) is 1.29.